The van der Waals surface area contributed by atoms with Gasteiger partial charge in [-0.15, -0.1) is 0 Å². The fourth-order valence-corrected chi connectivity index (χ4v) is 2.48. The highest BCUT2D eigenvalue weighted by Gasteiger charge is 2.26. The first-order valence-corrected chi connectivity index (χ1v) is 6.85. The molecular formula is C13H26N2O2. The number of nitrogens with zero attached hydrogens (tertiary/aromatic N) is 2. The Labute approximate surface area is 105 Å². The van der Waals surface area contributed by atoms with E-state index in [1.54, 1.807) is 0 Å². The maximum absolute atomic E-state index is 12.1. The van der Waals surface area contributed by atoms with Crippen LogP contribution >= 0.6 is 0 Å². The van der Waals surface area contributed by atoms with Gasteiger partial charge in [-0.25, -0.2) is 0 Å². The molecule has 4 nitrogen and oxygen atoms in total. The lowest BCUT2D eigenvalue weighted by Crippen LogP contribution is -2.43. The number of rotatable bonds is 7. The molecule has 0 aromatic rings. The summed E-state index contributed by atoms with van der Waals surface area (Å²) >= 11 is 0. The second-order valence-electron chi connectivity index (χ2n) is 4.83. The molecule has 0 aromatic heterocycles. The van der Waals surface area contributed by atoms with Crippen molar-refractivity contribution in [2.24, 2.45) is 0 Å². The van der Waals surface area contributed by atoms with Gasteiger partial charge in [0.1, 0.15) is 0 Å². The van der Waals surface area contributed by atoms with Crippen LogP contribution in [0.3, 0.4) is 0 Å². The summed E-state index contributed by atoms with van der Waals surface area (Å²) in [5, 5.41) is 9.23. The highest BCUT2D eigenvalue weighted by Crippen LogP contribution is 2.16. The molecule has 1 saturated heterocycles. The molecule has 4 heteroatoms. The Morgan fingerprint density at radius 3 is 2.53 bits per heavy atom. The van der Waals surface area contributed by atoms with Crippen LogP contribution in [0.4, 0.5) is 0 Å². The van der Waals surface area contributed by atoms with Crippen LogP contribution in [0.2, 0.25) is 0 Å². The average Bonchev–Trinajstić information content (AvgIpc) is 2.76. The average molecular weight is 242 g/mol. The lowest BCUT2D eigenvalue weighted by molar-refractivity contribution is -0.132. The van der Waals surface area contributed by atoms with E-state index in [4.69, 9.17) is 0 Å². The fourth-order valence-electron chi connectivity index (χ4n) is 2.48. The first kappa shape index (κ1) is 14.5. The maximum atomic E-state index is 12.1. The molecule has 0 aromatic carbocycles. The number of aliphatic hydroxyl groups is 1. The lowest BCUT2D eigenvalue weighted by Gasteiger charge is -2.27. The van der Waals surface area contributed by atoms with Crippen molar-refractivity contribution in [2.75, 3.05) is 32.8 Å². The summed E-state index contributed by atoms with van der Waals surface area (Å²) in [7, 11) is 0. The van der Waals surface area contributed by atoms with Gasteiger partial charge in [-0.2, -0.15) is 0 Å². The van der Waals surface area contributed by atoms with Crippen LogP contribution in [0.15, 0.2) is 0 Å². The van der Waals surface area contributed by atoms with Crippen LogP contribution in [0.5, 0.6) is 0 Å². The zero-order chi connectivity index (χ0) is 12.7. The van der Waals surface area contributed by atoms with Gasteiger partial charge in [0.05, 0.1) is 13.2 Å². The third-order valence-corrected chi connectivity index (χ3v) is 3.39. The van der Waals surface area contributed by atoms with Gasteiger partial charge < -0.3 is 10.0 Å². The van der Waals surface area contributed by atoms with Gasteiger partial charge in [0.15, 0.2) is 0 Å². The van der Waals surface area contributed by atoms with E-state index < -0.39 is 0 Å². The van der Waals surface area contributed by atoms with Crippen LogP contribution in [0, 0.1) is 0 Å². The van der Waals surface area contributed by atoms with Crippen LogP contribution in [0.25, 0.3) is 0 Å². The predicted octanol–water partition coefficient (Wildman–Crippen LogP) is 1.09. The summed E-state index contributed by atoms with van der Waals surface area (Å²) in [6, 6.07) is 0.198. The second kappa shape index (κ2) is 7.67. The Bertz CT molecular complexity index is 227. The summed E-state index contributed by atoms with van der Waals surface area (Å²) in [5.41, 5.74) is 0. The van der Waals surface area contributed by atoms with Crippen molar-refractivity contribution in [1.29, 1.82) is 0 Å². The molecule has 0 aliphatic carbocycles. The molecule has 1 heterocycles. The van der Waals surface area contributed by atoms with E-state index in [9.17, 15) is 9.90 Å². The molecule has 1 aliphatic rings. The highest BCUT2D eigenvalue weighted by atomic mass is 16.3. The van der Waals surface area contributed by atoms with Gasteiger partial charge >= 0.3 is 0 Å². The van der Waals surface area contributed by atoms with Crippen molar-refractivity contribution in [3.63, 3.8) is 0 Å². The molecule has 0 radical (unpaired) electrons. The van der Waals surface area contributed by atoms with E-state index in [0.29, 0.717) is 6.54 Å². The van der Waals surface area contributed by atoms with Crippen LogP contribution in [0.1, 0.15) is 39.5 Å². The van der Waals surface area contributed by atoms with E-state index in [0.717, 1.165) is 45.3 Å². The third-order valence-electron chi connectivity index (χ3n) is 3.39. The monoisotopic (exact) mass is 242 g/mol. The summed E-state index contributed by atoms with van der Waals surface area (Å²) < 4.78 is 0. The van der Waals surface area contributed by atoms with E-state index in [2.05, 4.69) is 18.7 Å². The molecule has 100 valence electrons. The van der Waals surface area contributed by atoms with Crippen molar-refractivity contribution in [1.82, 2.24) is 9.80 Å². The molecule has 1 aliphatic heterocycles. The van der Waals surface area contributed by atoms with Crippen LogP contribution in [-0.2, 0) is 4.79 Å². The number of amides is 1. The smallest absolute Gasteiger partial charge is 0.236 e. The van der Waals surface area contributed by atoms with Gasteiger partial charge in [-0.1, -0.05) is 13.8 Å². The zero-order valence-electron chi connectivity index (χ0n) is 11.2. The number of aliphatic hydroxyl groups excluding tert-OH is 1. The van der Waals surface area contributed by atoms with Gasteiger partial charge in [0, 0.05) is 19.1 Å². The minimum atomic E-state index is 0.175. The normalized spacial score (nSPS) is 20.8. The number of hydrogen-bond acceptors (Lipinski definition) is 3. The maximum Gasteiger partial charge on any atom is 0.236 e. The number of carbonyl (C=O) groups is 1. The topological polar surface area (TPSA) is 43.8 Å². The van der Waals surface area contributed by atoms with Crippen molar-refractivity contribution < 1.29 is 9.90 Å². The van der Waals surface area contributed by atoms with Crippen LogP contribution in [-0.4, -0.2) is 59.6 Å². The molecule has 1 fully saturated rings. The van der Waals surface area contributed by atoms with Gasteiger partial charge in [-0.3, -0.25) is 9.69 Å². The minimum absolute atomic E-state index is 0.175. The first-order valence-electron chi connectivity index (χ1n) is 6.85. The van der Waals surface area contributed by atoms with Crippen molar-refractivity contribution >= 4 is 5.91 Å². The number of hydrogen-bond donors (Lipinski definition) is 1. The Hall–Kier alpha value is -0.610. The summed E-state index contributed by atoms with van der Waals surface area (Å²) in [6.07, 6.45) is 4.13. The van der Waals surface area contributed by atoms with Crippen molar-refractivity contribution in [3.8, 4) is 0 Å². The van der Waals surface area contributed by atoms with Crippen LogP contribution < -0.4 is 0 Å². The molecule has 1 rings (SSSR count). The van der Waals surface area contributed by atoms with Gasteiger partial charge in [0.2, 0.25) is 5.91 Å². The number of carbonyl (C=O) groups excluding carboxylic acids is 1. The number of likely N-dealkylation sites (tertiary alicyclic amines) is 1. The summed E-state index contributed by atoms with van der Waals surface area (Å²) in [4.78, 5) is 16.2. The standard InChI is InChI=1S/C13H26N2O2/c1-3-7-14(8-4-2)13(17)10-15-9-5-6-12(15)11-16/h12,16H,3-11H2,1-2H3. The Balaban J connectivity index is 2.44. The van der Waals surface area contributed by atoms with Gasteiger partial charge in [0.25, 0.3) is 0 Å². The fraction of sp³-hybridized carbons (Fsp3) is 0.923. The molecule has 1 atom stereocenters. The molecule has 0 saturated carbocycles. The second-order valence-corrected chi connectivity index (χ2v) is 4.83. The van der Waals surface area contributed by atoms with Crippen molar-refractivity contribution in [2.45, 2.75) is 45.6 Å². The largest absolute Gasteiger partial charge is 0.395 e. The lowest BCUT2D eigenvalue weighted by atomic mass is 10.2. The Morgan fingerprint density at radius 2 is 2.00 bits per heavy atom. The highest BCUT2D eigenvalue weighted by molar-refractivity contribution is 5.78. The predicted molar refractivity (Wildman–Crippen MR) is 68.8 cm³/mol. The van der Waals surface area contributed by atoms with Gasteiger partial charge in [-0.05, 0) is 32.2 Å². The SMILES string of the molecule is CCCN(CCC)C(=O)CN1CCCC1CO. The molecule has 1 amide bonds. The van der Waals surface area contributed by atoms with E-state index in [-0.39, 0.29) is 18.6 Å². The molecule has 17 heavy (non-hydrogen) atoms. The molecule has 1 N–H and O–H groups in total. The Kier molecular flexibility index (Phi) is 6.52. The summed E-state index contributed by atoms with van der Waals surface area (Å²) in [5.74, 6) is 0.217. The van der Waals surface area contributed by atoms with E-state index in [1.807, 2.05) is 4.90 Å². The summed E-state index contributed by atoms with van der Waals surface area (Å²) in [6.45, 7) is 7.50. The van der Waals surface area contributed by atoms with E-state index in [1.165, 1.54) is 0 Å². The molecular weight excluding hydrogens is 216 g/mol. The minimum Gasteiger partial charge on any atom is -0.395 e. The molecule has 0 spiro atoms. The van der Waals surface area contributed by atoms with Crippen molar-refractivity contribution in [3.05, 3.63) is 0 Å². The first-order chi connectivity index (χ1) is 8.22. The Morgan fingerprint density at radius 1 is 1.35 bits per heavy atom. The quantitative estimate of drug-likeness (QED) is 0.727. The molecule has 0 bridgehead atoms. The van der Waals surface area contributed by atoms with E-state index >= 15 is 0 Å². The molecule has 1 unspecified atom stereocenters. The zero-order valence-corrected chi connectivity index (χ0v) is 11.2. The third kappa shape index (κ3) is 4.28.